The van der Waals surface area contributed by atoms with Crippen molar-refractivity contribution in [2.45, 2.75) is 28.3 Å². The van der Waals surface area contributed by atoms with Crippen LogP contribution in [-0.2, 0) is 9.53 Å². The minimum atomic E-state index is -1.57. The molecule has 1 fully saturated rings. The molecule has 0 aromatic heterocycles. The molecule has 0 saturated carbocycles. The Bertz CT molecular complexity index is 316. The second-order valence-corrected chi connectivity index (χ2v) is 5.61. The molecule has 0 amide bonds. The van der Waals surface area contributed by atoms with Gasteiger partial charge in [0.25, 0.3) is 0 Å². The average molecular weight is 272 g/mol. The van der Waals surface area contributed by atoms with Crippen LogP contribution in [0.5, 0.6) is 0 Å². The lowest BCUT2D eigenvalue weighted by Crippen LogP contribution is -2.29. The van der Waals surface area contributed by atoms with Gasteiger partial charge < -0.3 is 9.84 Å². The molecule has 1 saturated heterocycles. The van der Waals surface area contributed by atoms with Crippen LogP contribution >= 0.6 is 34.8 Å². The molecule has 84 valence electrons. The van der Waals surface area contributed by atoms with E-state index in [1.54, 1.807) is 12.2 Å². The predicted octanol–water partition coefficient (Wildman–Crippen LogP) is 1.63. The highest BCUT2D eigenvalue weighted by Crippen LogP contribution is 2.45. The summed E-state index contributed by atoms with van der Waals surface area (Å²) >= 11 is 17.6. The van der Waals surface area contributed by atoms with Gasteiger partial charge in [-0.05, 0) is 0 Å². The standard InChI is InChI=1S/C9H9Cl3O3/c10-5-2-1-4-7(3-6(5)13)15-8(14)9(4,11)12/h1-2,4-7,13H,3H2/t4-,5+,6+,7+/m1/s1. The molecule has 6 heteroatoms. The van der Waals surface area contributed by atoms with E-state index in [2.05, 4.69) is 0 Å². The van der Waals surface area contributed by atoms with Gasteiger partial charge in [-0.25, -0.2) is 4.79 Å². The predicted molar refractivity (Wildman–Crippen MR) is 57.2 cm³/mol. The molecule has 0 bridgehead atoms. The molecule has 0 spiro atoms. The van der Waals surface area contributed by atoms with E-state index in [9.17, 15) is 9.90 Å². The molecule has 1 aliphatic heterocycles. The minimum Gasteiger partial charge on any atom is -0.459 e. The van der Waals surface area contributed by atoms with Crippen molar-refractivity contribution in [3.05, 3.63) is 12.2 Å². The topological polar surface area (TPSA) is 46.5 Å². The number of rotatable bonds is 0. The fraction of sp³-hybridized carbons (Fsp3) is 0.667. The van der Waals surface area contributed by atoms with E-state index in [0.29, 0.717) is 0 Å². The molecule has 15 heavy (non-hydrogen) atoms. The van der Waals surface area contributed by atoms with Gasteiger partial charge in [-0.1, -0.05) is 35.4 Å². The largest absolute Gasteiger partial charge is 0.459 e. The van der Waals surface area contributed by atoms with Crippen LogP contribution in [0.2, 0.25) is 0 Å². The third kappa shape index (κ3) is 1.86. The van der Waals surface area contributed by atoms with Crippen LogP contribution in [0.4, 0.5) is 0 Å². The number of esters is 1. The maximum absolute atomic E-state index is 11.3. The molecule has 0 aromatic rings. The summed E-state index contributed by atoms with van der Waals surface area (Å²) in [6, 6.07) is 0. The van der Waals surface area contributed by atoms with Crippen molar-refractivity contribution in [2.24, 2.45) is 5.92 Å². The molecular weight excluding hydrogens is 262 g/mol. The quantitative estimate of drug-likeness (QED) is 0.414. The number of alkyl halides is 3. The van der Waals surface area contributed by atoms with E-state index in [4.69, 9.17) is 39.5 Å². The number of aliphatic hydroxyl groups excluding tert-OH is 1. The fourth-order valence-corrected chi connectivity index (χ4v) is 2.52. The number of aliphatic hydroxyl groups is 1. The normalized spacial score (nSPS) is 43.3. The number of hydrogen-bond donors (Lipinski definition) is 1. The smallest absolute Gasteiger partial charge is 0.343 e. The van der Waals surface area contributed by atoms with Gasteiger partial charge in [-0.15, -0.1) is 11.6 Å². The van der Waals surface area contributed by atoms with Crippen LogP contribution in [0.1, 0.15) is 6.42 Å². The number of fused-ring (bicyclic) bond motifs is 1. The first kappa shape index (κ1) is 11.5. The van der Waals surface area contributed by atoms with Crippen molar-refractivity contribution in [2.75, 3.05) is 0 Å². The van der Waals surface area contributed by atoms with E-state index in [0.717, 1.165) is 0 Å². The Morgan fingerprint density at radius 1 is 1.47 bits per heavy atom. The first-order valence-electron chi connectivity index (χ1n) is 4.52. The first-order valence-corrected chi connectivity index (χ1v) is 5.71. The molecule has 1 heterocycles. The zero-order valence-corrected chi connectivity index (χ0v) is 9.84. The fourth-order valence-electron chi connectivity index (χ4n) is 1.82. The summed E-state index contributed by atoms with van der Waals surface area (Å²) < 4.78 is 3.44. The lowest BCUT2D eigenvalue weighted by atomic mass is 9.98. The molecule has 0 aromatic carbocycles. The van der Waals surface area contributed by atoms with Gasteiger partial charge in [0.05, 0.1) is 17.4 Å². The molecule has 3 nitrogen and oxygen atoms in total. The van der Waals surface area contributed by atoms with Gasteiger partial charge in [0, 0.05) is 6.42 Å². The molecule has 2 rings (SSSR count). The summed E-state index contributed by atoms with van der Waals surface area (Å²) in [5.41, 5.74) is 0. The number of ether oxygens (including phenoxy) is 1. The number of carbonyl (C=O) groups is 1. The van der Waals surface area contributed by atoms with Crippen molar-refractivity contribution in [3.8, 4) is 0 Å². The summed E-state index contributed by atoms with van der Waals surface area (Å²) in [5, 5.41) is 9.10. The van der Waals surface area contributed by atoms with Crippen molar-refractivity contribution in [1.82, 2.24) is 0 Å². The Kier molecular flexibility index (Phi) is 2.93. The van der Waals surface area contributed by atoms with Crippen molar-refractivity contribution in [3.63, 3.8) is 0 Å². The number of hydrogen-bond acceptors (Lipinski definition) is 3. The molecule has 0 unspecified atom stereocenters. The Hall–Kier alpha value is 0.0400. The Morgan fingerprint density at radius 3 is 2.80 bits per heavy atom. The highest BCUT2D eigenvalue weighted by atomic mass is 35.5. The molecule has 4 atom stereocenters. The molecule has 1 aliphatic carbocycles. The second kappa shape index (κ2) is 3.81. The van der Waals surface area contributed by atoms with Crippen LogP contribution in [-0.4, -0.2) is 33.0 Å². The van der Waals surface area contributed by atoms with E-state index >= 15 is 0 Å². The first-order chi connectivity index (χ1) is 6.93. The van der Waals surface area contributed by atoms with E-state index in [1.165, 1.54) is 0 Å². The van der Waals surface area contributed by atoms with Crippen LogP contribution in [0.15, 0.2) is 12.2 Å². The van der Waals surface area contributed by atoms with Crippen LogP contribution in [0.25, 0.3) is 0 Å². The molecule has 1 N–H and O–H groups in total. The summed E-state index contributed by atoms with van der Waals surface area (Å²) in [5.74, 6) is -1.11. The zero-order chi connectivity index (χ0) is 11.2. The van der Waals surface area contributed by atoms with E-state index in [-0.39, 0.29) is 6.42 Å². The Morgan fingerprint density at radius 2 is 2.13 bits per heavy atom. The highest BCUT2D eigenvalue weighted by molar-refractivity contribution is 6.58. The van der Waals surface area contributed by atoms with Crippen molar-refractivity contribution in [1.29, 1.82) is 0 Å². The Labute approximate surface area is 102 Å². The zero-order valence-electron chi connectivity index (χ0n) is 7.57. The van der Waals surface area contributed by atoms with Crippen molar-refractivity contribution >= 4 is 40.8 Å². The summed E-state index contributed by atoms with van der Waals surface area (Å²) in [6.45, 7) is 0. The van der Waals surface area contributed by atoms with Gasteiger partial charge in [0.1, 0.15) is 6.10 Å². The summed E-state index contributed by atoms with van der Waals surface area (Å²) in [7, 11) is 0. The number of halogens is 3. The molecule has 2 aliphatic rings. The minimum absolute atomic E-state index is 0.249. The van der Waals surface area contributed by atoms with Crippen LogP contribution in [0, 0.1) is 5.92 Å². The number of carbonyl (C=O) groups excluding carboxylic acids is 1. The van der Waals surface area contributed by atoms with Crippen LogP contribution in [0.3, 0.4) is 0 Å². The van der Waals surface area contributed by atoms with Crippen molar-refractivity contribution < 1.29 is 14.6 Å². The summed E-state index contributed by atoms with van der Waals surface area (Å²) in [6.07, 6.45) is 2.23. The highest BCUT2D eigenvalue weighted by Gasteiger charge is 2.55. The maximum atomic E-state index is 11.3. The van der Waals surface area contributed by atoms with Gasteiger partial charge in [0.2, 0.25) is 4.33 Å². The maximum Gasteiger partial charge on any atom is 0.343 e. The molecule has 0 radical (unpaired) electrons. The third-order valence-electron chi connectivity index (χ3n) is 2.69. The third-order valence-corrected chi connectivity index (χ3v) is 3.94. The second-order valence-electron chi connectivity index (χ2n) is 3.72. The van der Waals surface area contributed by atoms with Crippen LogP contribution < -0.4 is 0 Å². The SMILES string of the molecule is O=C1O[C@H]2C[C@H](O)[C@@H](Cl)C=C[C@H]2C1(Cl)Cl. The van der Waals surface area contributed by atoms with Gasteiger partial charge in [-0.3, -0.25) is 0 Å². The van der Waals surface area contributed by atoms with Gasteiger partial charge in [-0.2, -0.15) is 0 Å². The van der Waals surface area contributed by atoms with E-state index in [1.807, 2.05) is 0 Å². The summed E-state index contributed by atoms with van der Waals surface area (Å²) in [4.78, 5) is 11.3. The lowest BCUT2D eigenvalue weighted by molar-refractivity contribution is -0.142. The van der Waals surface area contributed by atoms with Gasteiger partial charge in [0.15, 0.2) is 0 Å². The lowest BCUT2D eigenvalue weighted by Gasteiger charge is -2.18. The molecular formula is C9H9Cl3O3. The van der Waals surface area contributed by atoms with Gasteiger partial charge >= 0.3 is 5.97 Å². The monoisotopic (exact) mass is 270 g/mol. The Balaban J connectivity index is 2.29. The van der Waals surface area contributed by atoms with E-state index < -0.39 is 33.8 Å². The average Bonchev–Trinajstić information content (AvgIpc) is 2.29.